The summed E-state index contributed by atoms with van der Waals surface area (Å²) in [7, 11) is 6.76. The number of rotatable bonds is 20. The van der Waals surface area contributed by atoms with Crippen molar-refractivity contribution >= 4 is 29.9 Å². The van der Waals surface area contributed by atoms with Gasteiger partial charge in [-0.3, -0.25) is 19.2 Å². The highest BCUT2D eigenvalue weighted by Crippen LogP contribution is 2.21. The average Bonchev–Trinajstić information content (AvgIpc) is 2.92. The van der Waals surface area contributed by atoms with Gasteiger partial charge in [-0.25, -0.2) is 0 Å². The maximum absolute atomic E-state index is 13.1. The summed E-state index contributed by atoms with van der Waals surface area (Å²) < 4.78 is 5.64. The molecule has 0 radical (unpaired) electrons. The van der Waals surface area contributed by atoms with Crippen molar-refractivity contribution in [3.8, 4) is 0 Å². The summed E-state index contributed by atoms with van der Waals surface area (Å²) >= 11 is 0. The molecule has 0 fully saturated rings. The van der Waals surface area contributed by atoms with Gasteiger partial charge in [-0.05, 0) is 31.1 Å². The molecule has 232 valence electrons. The minimum absolute atomic E-state index is 0.0577. The predicted octanol–water partition coefficient (Wildman–Crippen LogP) is 3.13. The van der Waals surface area contributed by atoms with E-state index in [0.29, 0.717) is 19.4 Å². The van der Waals surface area contributed by atoms with Crippen molar-refractivity contribution < 1.29 is 28.7 Å². The van der Waals surface area contributed by atoms with E-state index >= 15 is 0 Å². The Hall–Kier alpha value is -2.49. The zero-order chi connectivity index (χ0) is 31.0. The van der Waals surface area contributed by atoms with Crippen molar-refractivity contribution in [2.24, 2.45) is 17.8 Å². The zero-order valence-corrected chi connectivity index (χ0v) is 26.7. The second-order valence-corrected chi connectivity index (χ2v) is 11.3. The van der Waals surface area contributed by atoms with E-state index in [2.05, 4.69) is 19.2 Å². The van der Waals surface area contributed by atoms with E-state index in [1.165, 1.54) is 4.90 Å². The van der Waals surface area contributed by atoms with E-state index < -0.39 is 6.04 Å². The number of hydrogen-bond acceptors (Lipinski definition) is 6. The maximum atomic E-state index is 13.1. The topological polar surface area (TPSA) is 116 Å². The number of nitrogens with zero attached hydrogens (tertiary/aromatic N) is 3. The molecule has 0 bridgehead atoms. The lowest BCUT2D eigenvalue weighted by molar-refractivity contribution is -0.142. The molecule has 5 atom stereocenters. The number of carbonyl (C=O) groups excluding carboxylic acids is 5. The van der Waals surface area contributed by atoms with E-state index in [1.54, 1.807) is 45.0 Å². The number of unbranched alkanes of at least 4 members (excludes halogenated alkanes) is 2. The molecule has 0 saturated carbocycles. The third-order valence-electron chi connectivity index (χ3n) is 7.91. The van der Waals surface area contributed by atoms with Crippen LogP contribution in [0.25, 0.3) is 0 Å². The van der Waals surface area contributed by atoms with Crippen molar-refractivity contribution in [1.29, 1.82) is 0 Å². The van der Waals surface area contributed by atoms with Gasteiger partial charge in [0.2, 0.25) is 23.6 Å². The van der Waals surface area contributed by atoms with Gasteiger partial charge in [-0.15, -0.1) is 0 Å². The highest BCUT2D eigenvalue weighted by atomic mass is 16.5. The molecule has 0 spiro atoms. The van der Waals surface area contributed by atoms with Crippen LogP contribution >= 0.6 is 0 Å². The predicted molar refractivity (Wildman–Crippen MR) is 157 cm³/mol. The first-order valence-electron chi connectivity index (χ1n) is 14.8. The van der Waals surface area contributed by atoms with Crippen LogP contribution < -0.4 is 5.32 Å². The molecule has 0 heterocycles. The number of likely N-dealkylation sites (N-methyl/N-ethyl adjacent to an activating group) is 2. The van der Waals surface area contributed by atoms with Crippen LogP contribution in [-0.2, 0) is 28.7 Å². The molecule has 40 heavy (non-hydrogen) atoms. The second kappa shape index (κ2) is 19.6. The molecular weight excluding hydrogens is 512 g/mol. The Bertz CT molecular complexity index is 801. The van der Waals surface area contributed by atoms with Crippen LogP contribution in [0.1, 0.15) is 86.5 Å². The number of carbonyl (C=O) groups is 5. The van der Waals surface area contributed by atoms with E-state index in [9.17, 15) is 24.0 Å². The van der Waals surface area contributed by atoms with Crippen molar-refractivity contribution in [2.45, 2.75) is 105 Å². The average molecular weight is 569 g/mol. The lowest BCUT2D eigenvalue weighted by Gasteiger charge is -2.37. The Morgan fingerprint density at radius 3 is 2.00 bits per heavy atom. The third-order valence-corrected chi connectivity index (χ3v) is 7.91. The minimum atomic E-state index is -0.693. The summed E-state index contributed by atoms with van der Waals surface area (Å²) in [6.45, 7) is 12.1. The number of nitrogens with one attached hydrogen (secondary N) is 1. The van der Waals surface area contributed by atoms with Crippen molar-refractivity contribution in [1.82, 2.24) is 20.0 Å². The standard InChI is InChI=1S/C30H56N4O6/c1-11-22(5)28(24(12-2)40-10)34(9)26(37)20-31-29(38)27(21(3)4)33(8)25(36)16-14-13-15-18-32(7)30(39)23(6)17-19-35/h19,21-24,27-28H,11-18,20H2,1-10H3,(H,31,38). The fraction of sp³-hybridized carbons (Fsp3) is 0.833. The normalized spacial score (nSPS) is 15.0. The number of hydrogen-bond donors (Lipinski definition) is 1. The van der Waals surface area contributed by atoms with Gasteiger partial charge in [-0.2, -0.15) is 0 Å². The van der Waals surface area contributed by atoms with E-state index in [-0.39, 0.29) is 66.5 Å². The van der Waals surface area contributed by atoms with Gasteiger partial charge in [0.15, 0.2) is 0 Å². The Morgan fingerprint density at radius 1 is 0.875 bits per heavy atom. The first-order valence-corrected chi connectivity index (χ1v) is 14.8. The first kappa shape index (κ1) is 37.5. The van der Waals surface area contributed by atoms with Crippen molar-refractivity contribution in [2.75, 3.05) is 41.3 Å². The third kappa shape index (κ3) is 11.9. The summed E-state index contributed by atoms with van der Waals surface area (Å²) in [5.41, 5.74) is 0. The molecule has 0 rings (SSSR count). The Labute approximate surface area is 242 Å². The number of amides is 4. The van der Waals surface area contributed by atoms with Gasteiger partial charge in [-0.1, -0.05) is 54.4 Å². The Morgan fingerprint density at radius 2 is 1.50 bits per heavy atom. The Balaban J connectivity index is 4.93. The van der Waals surface area contributed by atoms with E-state index in [1.807, 2.05) is 20.8 Å². The van der Waals surface area contributed by atoms with Crippen LogP contribution in [0, 0.1) is 17.8 Å². The highest BCUT2D eigenvalue weighted by Gasteiger charge is 2.33. The summed E-state index contributed by atoms with van der Waals surface area (Å²) in [5, 5.41) is 2.76. The van der Waals surface area contributed by atoms with Crippen LogP contribution in [-0.4, -0.2) is 104 Å². The fourth-order valence-corrected chi connectivity index (χ4v) is 5.14. The van der Waals surface area contributed by atoms with E-state index in [4.69, 9.17) is 4.74 Å². The van der Waals surface area contributed by atoms with Gasteiger partial charge < -0.3 is 29.5 Å². The van der Waals surface area contributed by atoms with Gasteiger partial charge >= 0.3 is 0 Å². The first-order chi connectivity index (χ1) is 18.8. The fourth-order valence-electron chi connectivity index (χ4n) is 5.14. The van der Waals surface area contributed by atoms with Gasteiger partial charge in [0.1, 0.15) is 12.3 Å². The van der Waals surface area contributed by atoms with E-state index in [0.717, 1.165) is 32.0 Å². The molecule has 0 aromatic carbocycles. The van der Waals surface area contributed by atoms with Gasteiger partial charge in [0.05, 0.1) is 18.7 Å². The zero-order valence-electron chi connectivity index (χ0n) is 26.7. The molecule has 10 nitrogen and oxygen atoms in total. The summed E-state index contributed by atoms with van der Waals surface area (Å²) in [4.78, 5) is 66.7. The van der Waals surface area contributed by atoms with Crippen LogP contribution in [0.2, 0.25) is 0 Å². The minimum Gasteiger partial charge on any atom is -0.379 e. The molecule has 0 aromatic heterocycles. The van der Waals surface area contributed by atoms with Gasteiger partial charge in [0.25, 0.3) is 0 Å². The van der Waals surface area contributed by atoms with Crippen LogP contribution in [0.15, 0.2) is 0 Å². The molecule has 4 amide bonds. The van der Waals surface area contributed by atoms with Crippen molar-refractivity contribution in [3.63, 3.8) is 0 Å². The quantitative estimate of drug-likeness (QED) is 0.178. The molecule has 0 aromatic rings. The molecule has 0 aliphatic rings. The van der Waals surface area contributed by atoms with Crippen LogP contribution in [0.5, 0.6) is 0 Å². The smallest absolute Gasteiger partial charge is 0.243 e. The van der Waals surface area contributed by atoms with Crippen molar-refractivity contribution in [3.05, 3.63) is 0 Å². The second-order valence-electron chi connectivity index (χ2n) is 11.3. The molecule has 0 aliphatic heterocycles. The lowest BCUT2D eigenvalue weighted by Crippen LogP contribution is -2.54. The monoisotopic (exact) mass is 568 g/mol. The summed E-state index contributed by atoms with van der Waals surface area (Å²) in [6.07, 6.45) is 4.98. The maximum Gasteiger partial charge on any atom is 0.243 e. The molecule has 10 heteroatoms. The number of methoxy groups -OCH3 is 1. The molecule has 0 aliphatic carbocycles. The number of ether oxygens (including phenoxy) is 1. The van der Waals surface area contributed by atoms with Gasteiger partial charge in [0, 0.05) is 53.6 Å². The van der Waals surface area contributed by atoms with Crippen LogP contribution in [0.3, 0.4) is 0 Å². The SMILES string of the molecule is CCC(C)C(C(CC)OC)N(C)C(=O)CNC(=O)C(C(C)C)N(C)C(=O)CCCCCN(C)C(=O)C(C)CC=O. The molecule has 5 unspecified atom stereocenters. The molecular formula is C30H56N4O6. The Kier molecular flexibility index (Phi) is 18.3. The van der Waals surface area contributed by atoms with Crippen LogP contribution in [0.4, 0.5) is 0 Å². The lowest BCUT2D eigenvalue weighted by atomic mass is 9.91. The molecule has 1 N–H and O–H groups in total. The largest absolute Gasteiger partial charge is 0.379 e. The molecule has 0 saturated heterocycles. The number of aldehydes is 1. The summed E-state index contributed by atoms with van der Waals surface area (Å²) in [5.74, 6) is -0.978. The summed E-state index contributed by atoms with van der Waals surface area (Å²) in [6, 6.07) is -0.798. The highest BCUT2D eigenvalue weighted by molar-refractivity contribution is 5.90.